The highest BCUT2D eigenvalue weighted by Gasteiger charge is 2.15. The summed E-state index contributed by atoms with van der Waals surface area (Å²) in [6.45, 7) is 2.35. The zero-order valence-corrected chi connectivity index (χ0v) is 16.2. The summed E-state index contributed by atoms with van der Waals surface area (Å²) in [6.07, 6.45) is 0.892. The number of aromatic nitrogens is 2. The summed E-state index contributed by atoms with van der Waals surface area (Å²) in [5, 5.41) is 1.08. The van der Waals surface area contributed by atoms with Crippen LogP contribution in [0.15, 0.2) is 82.4 Å². The normalized spacial score (nSPS) is 11.1. The molecule has 0 saturated heterocycles. The van der Waals surface area contributed by atoms with E-state index in [0.717, 1.165) is 17.5 Å². The first-order valence-corrected chi connectivity index (χ1v) is 9.55. The molecule has 0 radical (unpaired) electrons. The number of hydrogen-bond donors (Lipinski definition) is 0. The molecule has 28 heavy (non-hydrogen) atoms. The maximum Gasteiger partial charge on any atom is 0.336 e. The molecule has 0 amide bonds. The van der Waals surface area contributed by atoms with E-state index in [0.29, 0.717) is 21.6 Å². The first kappa shape index (κ1) is 18.3. The number of hydrogen-bond acceptors (Lipinski definition) is 2. The molecule has 140 valence electrons. The van der Waals surface area contributed by atoms with Crippen LogP contribution >= 0.6 is 11.6 Å². The average Bonchev–Trinajstić information content (AvgIpc) is 2.73. The second kappa shape index (κ2) is 7.49. The van der Waals surface area contributed by atoms with Gasteiger partial charge in [-0.1, -0.05) is 61.0 Å². The van der Waals surface area contributed by atoms with Crippen LogP contribution < -0.4 is 11.2 Å². The van der Waals surface area contributed by atoms with Crippen LogP contribution in [0.2, 0.25) is 5.02 Å². The Morgan fingerprint density at radius 2 is 1.54 bits per heavy atom. The molecule has 0 aliphatic carbocycles. The highest BCUT2D eigenvalue weighted by molar-refractivity contribution is 6.31. The average molecular weight is 391 g/mol. The molecular weight excluding hydrogens is 372 g/mol. The quantitative estimate of drug-likeness (QED) is 0.518. The van der Waals surface area contributed by atoms with Crippen molar-refractivity contribution in [3.63, 3.8) is 0 Å². The lowest BCUT2D eigenvalue weighted by Gasteiger charge is -2.15. The van der Waals surface area contributed by atoms with Crippen molar-refractivity contribution in [1.29, 1.82) is 0 Å². The summed E-state index contributed by atoms with van der Waals surface area (Å²) >= 11 is 6.32. The van der Waals surface area contributed by atoms with Crippen LogP contribution in [0.25, 0.3) is 16.6 Å². The van der Waals surface area contributed by atoms with E-state index in [9.17, 15) is 9.59 Å². The standard InChI is InChI=1S/C23H19ClN2O2/c1-2-16-11-13-18(14-12-16)26-22(27)19-8-4-6-10-21(19)25(23(26)28)15-17-7-3-5-9-20(17)24/h3-14H,2,15H2,1H3. The SMILES string of the molecule is CCc1ccc(-n2c(=O)c3ccccc3n(Cc3ccccc3Cl)c2=O)cc1. The van der Waals surface area contributed by atoms with Gasteiger partial charge < -0.3 is 0 Å². The van der Waals surface area contributed by atoms with Crippen LogP contribution in [0.4, 0.5) is 0 Å². The number of para-hydroxylation sites is 1. The van der Waals surface area contributed by atoms with Crippen molar-refractivity contribution >= 4 is 22.5 Å². The maximum absolute atomic E-state index is 13.4. The fraction of sp³-hybridized carbons (Fsp3) is 0.130. The largest absolute Gasteiger partial charge is 0.336 e. The fourth-order valence-electron chi connectivity index (χ4n) is 3.38. The number of rotatable bonds is 4. The molecule has 4 rings (SSSR count). The molecule has 0 bridgehead atoms. The molecule has 0 N–H and O–H groups in total. The van der Waals surface area contributed by atoms with Crippen LogP contribution in [0, 0.1) is 0 Å². The Morgan fingerprint density at radius 3 is 2.25 bits per heavy atom. The molecule has 3 aromatic carbocycles. The first-order valence-electron chi connectivity index (χ1n) is 9.17. The lowest BCUT2D eigenvalue weighted by molar-refractivity contribution is 0.714. The van der Waals surface area contributed by atoms with Crippen LogP contribution in [0.1, 0.15) is 18.1 Å². The lowest BCUT2D eigenvalue weighted by atomic mass is 10.1. The van der Waals surface area contributed by atoms with Gasteiger partial charge in [0.2, 0.25) is 0 Å². The number of aryl methyl sites for hydroxylation is 1. The molecule has 5 heteroatoms. The third kappa shape index (κ3) is 3.16. The van der Waals surface area contributed by atoms with Crippen LogP contribution in [-0.2, 0) is 13.0 Å². The van der Waals surface area contributed by atoms with Gasteiger partial charge in [0.25, 0.3) is 5.56 Å². The summed E-state index contributed by atoms with van der Waals surface area (Å²) in [5.41, 5.74) is 2.43. The van der Waals surface area contributed by atoms with Gasteiger partial charge in [-0.2, -0.15) is 0 Å². The maximum atomic E-state index is 13.4. The van der Waals surface area contributed by atoms with E-state index in [1.54, 1.807) is 28.8 Å². The van der Waals surface area contributed by atoms with E-state index >= 15 is 0 Å². The second-order valence-electron chi connectivity index (χ2n) is 6.64. The molecule has 0 fully saturated rings. The Balaban J connectivity index is 2.00. The van der Waals surface area contributed by atoms with E-state index in [-0.39, 0.29) is 17.8 Å². The first-order chi connectivity index (χ1) is 13.6. The predicted octanol–water partition coefficient (Wildman–Crippen LogP) is 4.42. The Bertz CT molecular complexity index is 1270. The van der Waals surface area contributed by atoms with Gasteiger partial charge in [0, 0.05) is 5.02 Å². The minimum atomic E-state index is -0.382. The minimum absolute atomic E-state index is 0.284. The topological polar surface area (TPSA) is 44.0 Å². The van der Waals surface area contributed by atoms with E-state index < -0.39 is 0 Å². The summed E-state index contributed by atoms with van der Waals surface area (Å²) in [4.78, 5) is 26.5. The van der Waals surface area contributed by atoms with Gasteiger partial charge in [-0.15, -0.1) is 0 Å². The highest BCUT2D eigenvalue weighted by Crippen LogP contribution is 2.18. The van der Waals surface area contributed by atoms with Crippen molar-refractivity contribution in [2.45, 2.75) is 19.9 Å². The fourth-order valence-corrected chi connectivity index (χ4v) is 3.57. The van der Waals surface area contributed by atoms with Gasteiger partial charge in [-0.3, -0.25) is 9.36 Å². The van der Waals surface area contributed by atoms with Crippen molar-refractivity contribution in [3.05, 3.63) is 110 Å². The zero-order chi connectivity index (χ0) is 19.7. The van der Waals surface area contributed by atoms with Crippen molar-refractivity contribution < 1.29 is 0 Å². The molecule has 1 aromatic heterocycles. The monoisotopic (exact) mass is 390 g/mol. The Morgan fingerprint density at radius 1 is 0.857 bits per heavy atom. The number of fused-ring (bicyclic) bond motifs is 1. The second-order valence-corrected chi connectivity index (χ2v) is 7.05. The third-order valence-electron chi connectivity index (χ3n) is 4.94. The van der Waals surface area contributed by atoms with Crippen molar-refractivity contribution in [1.82, 2.24) is 9.13 Å². The molecule has 0 atom stereocenters. The summed E-state index contributed by atoms with van der Waals surface area (Å²) < 4.78 is 2.84. The predicted molar refractivity (Wildman–Crippen MR) is 114 cm³/mol. The molecule has 0 saturated carbocycles. The number of halogens is 1. The van der Waals surface area contributed by atoms with Crippen molar-refractivity contribution in [2.75, 3.05) is 0 Å². The molecule has 0 unspecified atom stereocenters. The summed E-state index contributed by atoms with van der Waals surface area (Å²) in [6, 6.07) is 22.1. The molecule has 0 aliphatic heterocycles. The van der Waals surface area contributed by atoms with Crippen molar-refractivity contribution in [2.24, 2.45) is 0 Å². The molecule has 4 nitrogen and oxygen atoms in total. The van der Waals surface area contributed by atoms with Gasteiger partial charge >= 0.3 is 5.69 Å². The van der Waals surface area contributed by atoms with E-state index in [1.165, 1.54) is 4.57 Å². The van der Waals surface area contributed by atoms with Gasteiger partial charge in [-0.05, 0) is 47.9 Å². The Hall–Kier alpha value is -3.11. The van der Waals surface area contributed by atoms with Gasteiger partial charge in [0.15, 0.2) is 0 Å². The van der Waals surface area contributed by atoms with Gasteiger partial charge in [-0.25, -0.2) is 9.36 Å². The van der Waals surface area contributed by atoms with Gasteiger partial charge in [0.1, 0.15) is 0 Å². The summed E-state index contributed by atoms with van der Waals surface area (Å²) in [7, 11) is 0. The molecule has 0 spiro atoms. The van der Waals surface area contributed by atoms with E-state index in [4.69, 9.17) is 11.6 Å². The number of benzene rings is 3. The molecule has 4 aromatic rings. The molecule has 1 heterocycles. The Labute approximate surface area is 167 Å². The minimum Gasteiger partial charge on any atom is -0.288 e. The van der Waals surface area contributed by atoms with Crippen LogP contribution in [0.5, 0.6) is 0 Å². The Kier molecular flexibility index (Phi) is 4.88. The van der Waals surface area contributed by atoms with E-state index in [1.807, 2.05) is 48.5 Å². The van der Waals surface area contributed by atoms with Crippen molar-refractivity contribution in [3.8, 4) is 5.69 Å². The molecule has 0 aliphatic rings. The molecular formula is C23H19ClN2O2. The smallest absolute Gasteiger partial charge is 0.288 e. The van der Waals surface area contributed by atoms with Gasteiger partial charge in [0.05, 0.1) is 23.1 Å². The lowest BCUT2D eigenvalue weighted by Crippen LogP contribution is -2.39. The third-order valence-corrected chi connectivity index (χ3v) is 5.31. The number of nitrogens with zero attached hydrogens (tertiary/aromatic N) is 2. The highest BCUT2D eigenvalue weighted by atomic mass is 35.5. The van der Waals surface area contributed by atoms with E-state index in [2.05, 4.69) is 6.92 Å². The van der Waals surface area contributed by atoms with Crippen LogP contribution in [-0.4, -0.2) is 9.13 Å². The summed E-state index contributed by atoms with van der Waals surface area (Å²) in [5.74, 6) is 0. The van der Waals surface area contributed by atoms with Crippen LogP contribution in [0.3, 0.4) is 0 Å². The zero-order valence-electron chi connectivity index (χ0n) is 15.4.